The molecule has 0 saturated heterocycles. The second-order valence-corrected chi connectivity index (χ2v) is 11.0. The zero-order chi connectivity index (χ0) is 29.7. The van der Waals surface area contributed by atoms with E-state index in [4.69, 9.17) is 9.84 Å². The molecular formula is C32H36F3NO4. The minimum Gasteiger partial charge on any atom is -0.486 e. The Balaban J connectivity index is 1.84. The summed E-state index contributed by atoms with van der Waals surface area (Å²) < 4.78 is 45.5. The molecule has 3 rings (SSSR count). The smallest absolute Gasteiger partial charge is 0.389 e. The zero-order valence-electron chi connectivity index (χ0n) is 23.5. The van der Waals surface area contributed by atoms with Crippen molar-refractivity contribution < 1.29 is 32.6 Å². The van der Waals surface area contributed by atoms with Gasteiger partial charge in [-0.25, -0.2) is 0 Å². The average molecular weight is 556 g/mol. The summed E-state index contributed by atoms with van der Waals surface area (Å²) in [5, 5.41) is 11.2. The van der Waals surface area contributed by atoms with Crippen molar-refractivity contribution in [2.45, 2.75) is 71.6 Å². The molecule has 0 aliphatic carbocycles. The van der Waals surface area contributed by atoms with Gasteiger partial charge in [0.2, 0.25) is 0 Å². The van der Waals surface area contributed by atoms with Crippen LogP contribution in [0.1, 0.15) is 78.7 Å². The second-order valence-electron chi connectivity index (χ2n) is 11.0. The van der Waals surface area contributed by atoms with Crippen LogP contribution in [0.25, 0.3) is 11.1 Å². The minimum atomic E-state index is -4.35. The maximum atomic E-state index is 13.1. The predicted octanol–water partition coefficient (Wildman–Crippen LogP) is 7.94. The highest BCUT2D eigenvalue weighted by molar-refractivity contribution is 5.94. The number of hydrogen-bond donors (Lipinski definition) is 2. The Morgan fingerprint density at radius 3 is 2.00 bits per heavy atom. The molecule has 0 fully saturated rings. The molecule has 0 radical (unpaired) electrons. The van der Waals surface area contributed by atoms with E-state index in [1.807, 2.05) is 26.0 Å². The van der Waals surface area contributed by atoms with Crippen molar-refractivity contribution in [3.05, 3.63) is 88.5 Å². The number of carboxylic acids is 1. The van der Waals surface area contributed by atoms with E-state index in [9.17, 15) is 22.8 Å². The maximum absolute atomic E-state index is 13.1. The number of hydrogen-bond acceptors (Lipinski definition) is 3. The van der Waals surface area contributed by atoms with E-state index in [0.717, 1.165) is 22.3 Å². The molecule has 3 aromatic rings. The van der Waals surface area contributed by atoms with Gasteiger partial charge in [0.25, 0.3) is 5.91 Å². The van der Waals surface area contributed by atoms with E-state index in [-0.39, 0.29) is 30.4 Å². The van der Waals surface area contributed by atoms with Crippen LogP contribution in [-0.2, 0) is 10.2 Å². The largest absolute Gasteiger partial charge is 0.486 e. The molecule has 0 unspecified atom stereocenters. The Labute approximate surface area is 233 Å². The number of benzene rings is 3. The van der Waals surface area contributed by atoms with Crippen LogP contribution in [0.5, 0.6) is 5.75 Å². The van der Waals surface area contributed by atoms with Crippen LogP contribution in [-0.4, -0.2) is 29.7 Å². The molecule has 8 heteroatoms. The van der Waals surface area contributed by atoms with Crippen molar-refractivity contribution in [1.29, 1.82) is 0 Å². The molecule has 214 valence electrons. The number of aryl methyl sites for hydroxylation is 2. The summed E-state index contributed by atoms with van der Waals surface area (Å²) in [6.45, 7) is 10.4. The lowest BCUT2D eigenvalue weighted by Crippen LogP contribution is -2.26. The lowest BCUT2D eigenvalue weighted by atomic mass is 9.85. The third kappa shape index (κ3) is 8.60. The van der Waals surface area contributed by atoms with E-state index >= 15 is 0 Å². The first-order valence-corrected chi connectivity index (χ1v) is 13.2. The summed E-state index contributed by atoms with van der Waals surface area (Å²) in [6.07, 6.45) is -6.76. The summed E-state index contributed by atoms with van der Waals surface area (Å²) in [6, 6.07) is 18.2. The highest BCUT2D eigenvalue weighted by atomic mass is 19.4. The molecule has 0 spiro atoms. The van der Waals surface area contributed by atoms with Crippen LogP contribution in [0, 0.1) is 13.8 Å². The number of carbonyl (C=O) groups is 2. The summed E-state index contributed by atoms with van der Waals surface area (Å²) in [5.41, 5.74) is 6.04. The number of carboxylic acid groups (broad SMARTS) is 1. The molecule has 1 amide bonds. The molecule has 1 atom stereocenters. The topological polar surface area (TPSA) is 75.6 Å². The number of carbonyl (C=O) groups excluding carboxylic acids is 1. The molecule has 0 aromatic heterocycles. The minimum absolute atomic E-state index is 0.0251. The number of alkyl halides is 3. The Morgan fingerprint density at radius 2 is 1.50 bits per heavy atom. The maximum Gasteiger partial charge on any atom is 0.389 e. The Kier molecular flexibility index (Phi) is 9.66. The van der Waals surface area contributed by atoms with E-state index in [1.54, 1.807) is 12.1 Å². The van der Waals surface area contributed by atoms with Crippen LogP contribution >= 0.6 is 0 Å². The van der Waals surface area contributed by atoms with Crippen LogP contribution in [0.3, 0.4) is 0 Å². The van der Waals surface area contributed by atoms with E-state index in [1.165, 1.54) is 17.7 Å². The van der Waals surface area contributed by atoms with Gasteiger partial charge in [-0.2, -0.15) is 13.2 Å². The molecule has 0 heterocycles. The first kappa shape index (κ1) is 30.7. The SMILES string of the molecule is Cc1cc(O[C@H](CCC(F)(F)F)c2ccc(C(=O)NCCC(=O)O)cc2)cc(C)c1-c1ccc(C(C)(C)C)cc1. The lowest BCUT2D eigenvalue weighted by Gasteiger charge is -2.23. The van der Waals surface area contributed by atoms with Crippen molar-refractivity contribution in [3.63, 3.8) is 0 Å². The van der Waals surface area contributed by atoms with Gasteiger partial charge in [0, 0.05) is 18.5 Å². The Bertz CT molecular complexity index is 1300. The normalized spacial score (nSPS) is 12.6. The van der Waals surface area contributed by atoms with E-state index in [0.29, 0.717) is 11.3 Å². The fourth-order valence-corrected chi connectivity index (χ4v) is 4.57. The molecule has 0 bridgehead atoms. The van der Waals surface area contributed by atoms with Gasteiger partial charge in [0.15, 0.2) is 0 Å². The predicted molar refractivity (Wildman–Crippen MR) is 150 cm³/mol. The number of rotatable bonds is 10. The molecule has 2 N–H and O–H groups in total. The molecule has 3 aromatic carbocycles. The monoisotopic (exact) mass is 555 g/mol. The fraction of sp³-hybridized carbons (Fsp3) is 0.375. The average Bonchev–Trinajstić information content (AvgIpc) is 2.85. The van der Waals surface area contributed by atoms with Gasteiger partial charge in [-0.1, -0.05) is 57.2 Å². The summed E-state index contributed by atoms with van der Waals surface area (Å²) in [4.78, 5) is 22.9. The van der Waals surface area contributed by atoms with Crippen molar-refractivity contribution in [3.8, 4) is 16.9 Å². The van der Waals surface area contributed by atoms with E-state index < -0.39 is 30.6 Å². The van der Waals surface area contributed by atoms with Gasteiger partial charge in [0.05, 0.1) is 6.42 Å². The first-order chi connectivity index (χ1) is 18.6. The molecular weight excluding hydrogens is 519 g/mol. The summed E-state index contributed by atoms with van der Waals surface area (Å²) in [5.74, 6) is -1.03. The van der Waals surface area contributed by atoms with Crippen LogP contribution < -0.4 is 10.1 Å². The quantitative estimate of drug-likeness (QED) is 0.266. The van der Waals surface area contributed by atoms with Gasteiger partial charge >= 0.3 is 12.1 Å². The number of halogens is 3. The van der Waals surface area contributed by atoms with Gasteiger partial charge in [0.1, 0.15) is 11.9 Å². The molecule has 40 heavy (non-hydrogen) atoms. The van der Waals surface area contributed by atoms with Crippen molar-refractivity contribution in [2.24, 2.45) is 0 Å². The summed E-state index contributed by atoms with van der Waals surface area (Å²) >= 11 is 0. The molecule has 5 nitrogen and oxygen atoms in total. The van der Waals surface area contributed by atoms with Gasteiger partial charge in [-0.05, 0) is 83.3 Å². The van der Waals surface area contributed by atoms with Gasteiger partial charge in [-0.15, -0.1) is 0 Å². The highest BCUT2D eigenvalue weighted by Gasteiger charge is 2.30. The Hall–Kier alpha value is -3.81. The van der Waals surface area contributed by atoms with Crippen molar-refractivity contribution >= 4 is 11.9 Å². The van der Waals surface area contributed by atoms with Crippen molar-refractivity contribution in [1.82, 2.24) is 5.32 Å². The van der Waals surface area contributed by atoms with Crippen LogP contribution in [0.2, 0.25) is 0 Å². The second kappa shape index (κ2) is 12.6. The molecule has 0 aliphatic rings. The third-order valence-electron chi connectivity index (χ3n) is 6.68. The standard InChI is InChI=1S/C32H36F3NO4/c1-20-18-26(19-21(2)29(20)23-10-12-25(13-11-23)31(3,4)5)40-27(14-16-32(33,34)35)22-6-8-24(9-7-22)30(39)36-17-15-28(37)38/h6-13,18-19,27H,14-17H2,1-5H3,(H,36,39)(H,37,38)/t27-/m1/s1. The van der Waals surface area contributed by atoms with Gasteiger partial charge < -0.3 is 15.2 Å². The zero-order valence-corrected chi connectivity index (χ0v) is 23.5. The van der Waals surface area contributed by atoms with Crippen molar-refractivity contribution in [2.75, 3.05) is 6.54 Å². The lowest BCUT2D eigenvalue weighted by molar-refractivity contribution is -0.139. The summed E-state index contributed by atoms with van der Waals surface area (Å²) in [7, 11) is 0. The highest BCUT2D eigenvalue weighted by Crippen LogP contribution is 2.36. The third-order valence-corrected chi connectivity index (χ3v) is 6.68. The van der Waals surface area contributed by atoms with Gasteiger partial charge in [-0.3, -0.25) is 9.59 Å². The number of ether oxygens (including phenoxy) is 1. The fourth-order valence-electron chi connectivity index (χ4n) is 4.57. The van der Waals surface area contributed by atoms with Crippen LogP contribution in [0.4, 0.5) is 13.2 Å². The Morgan fingerprint density at radius 1 is 0.925 bits per heavy atom. The van der Waals surface area contributed by atoms with Crippen LogP contribution in [0.15, 0.2) is 60.7 Å². The number of nitrogens with one attached hydrogen (secondary N) is 1. The first-order valence-electron chi connectivity index (χ1n) is 13.2. The molecule has 0 saturated carbocycles. The number of aliphatic carboxylic acids is 1. The molecule has 0 aliphatic heterocycles. The van der Waals surface area contributed by atoms with E-state index in [2.05, 4.69) is 50.4 Å². The number of amides is 1.